The minimum absolute atomic E-state index is 0.714. The minimum atomic E-state index is -0.714. The topological polar surface area (TPSA) is 84.6 Å². The Balaban J connectivity index is 1.04. The number of aldehydes is 2. The summed E-state index contributed by atoms with van der Waals surface area (Å²) in [5, 5.41) is 0. The fourth-order valence-electron chi connectivity index (χ4n) is 18.5. The van der Waals surface area contributed by atoms with Gasteiger partial charge >= 0.3 is 0 Å². The largest absolute Gasteiger partial charge is 0.297 e. The number of hydrogen-bond acceptors (Lipinski definition) is 11. The van der Waals surface area contributed by atoms with Crippen LogP contribution in [-0.2, 0) is 73.6 Å². The Hall–Kier alpha value is -6.12. The first-order valence-electron chi connectivity index (χ1n) is 43.5. The number of nitrogens with zero attached hydrogens (tertiary/aromatic N) is 4. The Kier molecular flexibility index (Phi) is 29.6. The summed E-state index contributed by atoms with van der Waals surface area (Å²) in [6, 6.07) is 40.7. The molecular weight excluding hydrogens is 1460 g/mol. The fraction of sp³-hybridized carbons (Fsp3) is 0.510. The molecular formula is C98H122N4O2S6. The van der Waals surface area contributed by atoms with Crippen molar-refractivity contribution >= 4 is 103 Å². The van der Waals surface area contributed by atoms with E-state index in [-0.39, 0.29) is 0 Å². The van der Waals surface area contributed by atoms with Gasteiger partial charge in [0, 0.05) is 20.9 Å². The summed E-state index contributed by atoms with van der Waals surface area (Å²) < 4.78 is 21.8. The number of hydrogen-bond donors (Lipinski definition) is 0. The first-order chi connectivity index (χ1) is 54.1. The highest BCUT2D eigenvalue weighted by Crippen LogP contribution is 2.67. The maximum atomic E-state index is 13.6. The van der Waals surface area contributed by atoms with Crippen molar-refractivity contribution in [3.05, 3.63) is 196 Å². The summed E-state index contributed by atoms with van der Waals surface area (Å²) in [6.45, 7) is 18.5. The zero-order valence-electron chi connectivity index (χ0n) is 67.7. The molecule has 0 saturated carbocycles. The molecule has 5 aromatic carbocycles. The predicted octanol–water partition coefficient (Wildman–Crippen LogP) is 31.3. The van der Waals surface area contributed by atoms with Crippen LogP contribution in [0.15, 0.2) is 106 Å². The van der Waals surface area contributed by atoms with Gasteiger partial charge in [-0.05, 0) is 216 Å². The monoisotopic (exact) mass is 1580 g/mol. The molecule has 6 nitrogen and oxygen atoms in total. The van der Waals surface area contributed by atoms with Crippen molar-refractivity contribution in [2.45, 2.75) is 323 Å². The summed E-state index contributed by atoms with van der Waals surface area (Å²) in [4.78, 5) is 35.7. The molecule has 0 amide bonds. The average Bonchev–Trinajstić information content (AvgIpc) is 1.52. The summed E-state index contributed by atoms with van der Waals surface area (Å²) in [5.41, 5.74) is 25.8. The highest BCUT2D eigenvalue weighted by atomic mass is 32.1. The van der Waals surface area contributed by atoms with Gasteiger partial charge in [-0.15, -0.1) is 45.3 Å². The maximum Gasteiger partial charge on any atom is 0.160 e. The minimum Gasteiger partial charge on any atom is -0.297 e. The third-order valence-electron chi connectivity index (χ3n) is 24.1. The Morgan fingerprint density at radius 2 is 0.518 bits per heavy atom. The number of unbranched alkanes of at least 4 members (excludes halogenated alkanes) is 24. The molecule has 2 aliphatic carbocycles. The van der Waals surface area contributed by atoms with Crippen LogP contribution in [0.5, 0.6) is 0 Å². The van der Waals surface area contributed by atoms with Gasteiger partial charge in [-0.3, -0.25) is 9.59 Å². The Bertz CT molecular complexity index is 4270. The molecule has 5 aromatic heterocycles. The van der Waals surface area contributed by atoms with Crippen molar-refractivity contribution in [1.29, 1.82) is 0 Å². The summed E-state index contributed by atoms with van der Waals surface area (Å²) in [6.07, 6.45) is 49.3. The van der Waals surface area contributed by atoms with Gasteiger partial charge in [0.05, 0.1) is 63.2 Å². The SMILES string of the molecule is CCCCCCc1cc(CCCCCC)cc(C2(c3cc(CCCCCC)cc(CCCCCC)c3)c3cc(C=O)sc3-c3sc(-c4c5c(c(-c6cc7c(s6)-c6sc(C=O)cc6C7(c6cc(CCCCCC)cc(CCCCCC)c6)c6cc(CCCCCC)cc(CCCCCC)c6)c6nsnc46)N=S=N5)cc32)c1. The number of aryl methyl sites for hydroxylation is 8. The lowest BCUT2D eigenvalue weighted by Gasteiger charge is -2.34. The highest BCUT2D eigenvalue weighted by Gasteiger charge is 2.52. The first kappa shape index (κ1) is 81.9. The van der Waals surface area contributed by atoms with Crippen LogP contribution in [0.4, 0.5) is 11.4 Å². The molecule has 0 bridgehead atoms. The van der Waals surface area contributed by atoms with Crippen molar-refractivity contribution < 1.29 is 9.59 Å². The van der Waals surface area contributed by atoms with Gasteiger partial charge in [-0.1, -0.05) is 282 Å². The van der Waals surface area contributed by atoms with E-state index in [1.807, 2.05) is 22.7 Å². The van der Waals surface area contributed by atoms with Gasteiger partial charge in [-0.2, -0.15) is 17.5 Å². The van der Waals surface area contributed by atoms with E-state index in [1.165, 1.54) is 337 Å². The molecule has 0 radical (unpaired) electrons. The van der Waals surface area contributed by atoms with Crippen molar-refractivity contribution in [2.24, 2.45) is 8.73 Å². The second-order valence-corrected chi connectivity index (χ2v) is 37.9. The van der Waals surface area contributed by atoms with E-state index < -0.39 is 10.8 Å². The summed E-state index contributed by atoms with van der Waals surface area (Å²) in [5.74, 6) is 0. The predicted molar refractivity (Wildman–Crippen MR) is 479 cm³/mol. The smallest absolute Gasteiger partial charge is 0.160 e. The van der Waals surface area contributed by atoms with Gasteiger partial charge in [-0.25, -0.2) is 0 Å². The molecule has 110 heavy (non-hydrogen) atoms. The molecule has 0 unspecified atom stereocenters. The number of carbonyl (C=O) groups is 2. The van der Waals surface area contributed by atoms with E-state index >= 15 is 0 Å². The van der Waals surface area contributed by atoms with E-state index in [4.69, 9.17) is 17.5 Å². The van der Waals surface area contributed by atoms with E-state index in [0.29, 0.717) is 0 Å². The van der Waals surface area contributed by atoms with Crippen molar-refractivity contribution in [1.82, 2.24) is 8.75 Å². The summed E-state index contributed by atoms with van der Waals surface area (Å²) in [7, 11) is 0. The molecule has 13 rings (SSSR count). The van der Waals surface area contributed by atoms with Gasteiger partial charge in [0.15, 0.2) is 12.6 Å². The van der Waals surface area contributed by atoms with Gasteiger partial charge < -0.3 is 0 Å². The normalized spacial score (nSPS) is 13.5. The van der Waals surface area contributed by atoms with Crippen LogP contribution in [0.2, 0.25) is 0 Å². The molecule has 3 aliphatic rings. The Morgan fingerprint density at radius 3 is 0.755 bits per heavy atom. The molecule has 12 heteroatoms. The van der Waals surface area contributed by atoms with Crippen LogP contribution in [-0.4, -0.2) is 21.3 Å². The zero-order valence-corrected chi connectivity index (χ0v) is 72.6. The van der Waals surface area contributed by atoms with E-state index in [9.17, 15) is 9.59 Å². The number of aromatic nitrogens is 2. The van der Waals surface area contributed by atoms with Gasteiger partial charge in [0.1, 0.15) is 22.4 Å². The molecule has 10 aromatic rings. The number of carbonyl (C=O) groups excluding carboxylic acids is 2. The van der Waals surface area contributed by atoms with Crippen molar-refractivity contribution in [3.63, 3.8) is 0 Å². The molecule has 1 aliphatic heterocycles. The van der Waals surface area contributed by atoms with Crippen LogP contribution in [0.1, 0.15) is 369 Å². The molecule has 582 valence electrons. The number of fused-ring (bicyclic) bond motifs is 8. The summed E-state index contributed by atoms with van der Waals surface area (Å²) >= 11 is 9.64. The molecule has 0 N–H and O–H groups in total. The lowest BCUT2D eigenvalue weighted by molar-refractivity contribution is 0.111. The Labute approximate surface area is 684 Å². The third-order valence-corrected chi connectivity index (χ3v) is 30.0. The second-order valence-electron chi connectivity index (χ2n) is 32.5. The van der Waals surface area contributed by atoms with E-state index in [1.54, 1.807) is 22.7 Å². The molecule has 0 spiro atoms. The van der Waals surface area contributed by atoms with Crippen molar-refractivity contribution in [2.75, 3.05) is 0 Å². The van der Waals surface area contributed by atoms with E-state index in [0.717, 1.165) is 117 Å². The first-order valence-corrected chi connectivity index (χ1v) is 48.3. The molecule has 6 heterocycles. The second kappa shape index (κ2) is 39.8. The zero-order chi connectivity index (χ0) is 76.4. The van der Waals surface area contributed by atoms with Crippen LogP contribution >= 0.6 is 57.1 Å². The van der Waals surface area contributed by atoms with Crippen LogP contribution < -0.4 is 0 Å². The number of rotatable bonds is 48. The number of benzene rings is 5. The average molecular weight is 1580 g/mol. The Morgan fingerprint density at radius 1 is 0.282 bits per heavy atom. The van der Waals surface area contributed by atoms with E-state index in [2.05, 4.69) is 152 Å². The fourth-order valence-corrected chi connectivity index (χ4v) is 24.5. The van der Waals surface area contributed by atoms with Crippen LogP contribution in [0.25, 0.3) is 51.4 Å². The van der Waals surface area contributed by atoms with Gasteiger partial charge in [0.25, 0.3) is 0 Å². The molecule has 0 fully saturated rings. The molecule has 0 saturated heterocycles. The van der Waals surface area contributed by atoms with Crippen molar-refractivity contribution in [3.8, 4) is 40.4 Å². The quantitative estimate of drug-likeness (QED) is 0.0281. The third kappa shape index (κ3) is 17.7. The van der Waals surface area contributed by atoms with Crippen LogP contribution in [0, 0.1) is 0 Å². The lowest BCUT2D eigenvalue weighted by Crippen LogP contribution is -2.29. The van der Waals surface area contributed by atoms with Gasteiger partial charge in [0.2, 0.25) is 0 Å². The standard InChI is InChI=1S/C98H122N4O2S6/c1-9-17-25-33-41-67-49-68(42-34-26-18-10-2)54-75(53-67)97(76-55-69(43-35-27-19-11-3)50-70(56-76)44-36-28-20-12-4)81-61-79(65-103)105-93(81)95-83(97)63-85(107-95)87-89-91(101-109-99-89)88(92-90(87)100-110-102-92)86-64-84-96(108-86)94-82(62-80(66-104)106-94)98(84,77-57-71(45-37-29-21-13-5)51-72(58-77)46-38-30-22-14-6)78-59-73(47-39-31-23-15-7)52-74(60-78)48-40-32-24-16-8/h49-66H,9-48H2,1-8H3. The highest BCUT2D eigenvalue weighted by molar-refractivity contribution is 7.58. The number of thiophene rings is 4. The lowest BCUT2D eigenvalue weighted by atomic mass is 9.66. The van der Waals surface area contributed by atoms with Crippen LogP contribution in [0.3, 0.4) is 0 Å². The molecule has 0 atom stereocenters. The maximum absolute atomic E-state index is 13.6.